The quantitative estimate of drug-likeness (QED) is 0.646. The van der Waals surface area contributed by atoms with Crippen molar-refractivity contribution in [3.05, 3.63) is 81.8 Å². The Morgan fingerprint density at radius 2 is 2.06 bits per heavy atom. The van der Waals surface area contributed by atoms with Crippen LogP contribution in [0.2, 0.25) is 0 Å². The number of aromatic nitrogens is 3. The minimum Gasteiger partial charge on any atom is -0.502 e. The SMILES string of the molecule is O=C1c2c(O)c(=O)ccn2N([C@H](c2ccc(F)c(F)c2)c2cnc[nH]2)[C@@H]2COCCN12. The predicted molar refractivity (Wildman–Crippen MR) is 103 cm³/mol. The van der Waals surface area contributed by atoms with Crippen molar-refractivity contribution in [2.24, 2.45) is 0 Å². The van der Waals surface area contributed by atoms with Gasteiger partial charge in [-0.25, -0.2) is 13.8 Å². The molecule has 3 aromatic rings. The first-order valence-corrected chi connectivity index (χ1v) is 9.52. The Labute approximate surface area is 174 Å². The molecule has 2 aliphatic heterocycles. The van der Waals surface area contributed by atoms with Crippen molar-refractivity contribution in [2.45, 2.75) is 12.2 Å². The molecule has 0 radical (unpaired) electrons. The van der Waals surface area contributed by atoms with Gasteiger partial charge in [-0.2, -0.15) is 0 Å². The number of carbonyl (C=O) groups excluding carboxylic acids is 1. The van der Waals surface area contributed by atoms with Gasteiger partial charge >= 0.3 is 0 Å². The van der Waals surface area contributed by atoms with Gasteiger partial charge < -0.3 is 19.7 Å². The second kappa shape index (κ2) is 7.20. The van der Waals surface area contributed by atoms with E-state index in [2.05, 4.69) is 9.97 Å². The molecule has 4 heterocycles. The standard InChI is InChI=1S/C20H17F2N5O4/c21-12-2-1-11(7-13(12)22)17(14-8-23-10-24-14)27-16-9-31-6-5-25(16)20(30)18-19(29)15(28)3-4-26(18)27/h1-4,7-8,10,16-17,29H,5-6,9H2,(H,23,24)/t16-,17-/m1/s1. The van der Waals surface area contributed by atoms with E-state index >= 15 is 0 Å². The largest absolute Gasteiger partial charge is 0.502 e. The molecule has 2 aromatic heterocycles. The molecule has 0 saturated carbocycles. The number of carbonyl (C=O) groups is 1. The maximum atomic E-state index is 14.2. The van der Waals surface area contributed by atoms with Gasteiger partial charge in [-0.15, -0.1) is 0 Å². The first-order valence-electron chi connectivity index (χ1n) is 9.52. The third-order valence-electron chi connectivity index (χ3n) is 5.51. The molecule has 11 heteroatoms. The summed E-state index contributed by atoms with van der Waals surface area (Å²) in [6.45, 7) is 0.649. The molecule has 0 unspecified atom stereocenters. The van der Waals surface area contributed by atoms with E-state index in [0.29, 0.717) is 11.3 Å². The lowest BCUT2D eigenvalue weighted by Gasteiger charge is -2.50. The summed E-state index contributed by atoms with van der Waals surface area (Å²) in [4.78, 5) is 33.7. The van der Waals surface area contributed by atoms with Crippen LogP contribution in [0.4, 0.5) is 8.78 Å². The topological polar surface area (TPSA) is 104 Å². The Morgan fingerprint density at radius 3 is 2.81 bits per heavy atom. The zero-order chi connectivity index (χ0) is 21.7. The molecule has 0 aliphatic carbocycles. The number of morpholine rings is 1. The van der Waals surface area contributed by atoms with Gasteiger partial charge in [0.15, 0.2) is 23.1 Å². The number of imidazole rings is 1. The van der Waals surface area contributed by atoms with E-state index in [1.54, 1.807) is 5.01 Å². The molecule has 2 aliphatic rings. The molecule has 2 N–H and O–H groups in total. The number of aromatic amines is 1. The molecular weight excluding hydrogens is 412 g/mol. The number of rotatable bonds is 3. The van der Waals surface area contributed by atoms with Crippen LogP contribution >= 0.6 is 0 Å². The van der Waals surface area contributed by atoms with Crippen LogP contribution in [-0.4, -0.2) is 56.5 Å². The van der Waals surface area contributed by atoms with E-state index in [9.17, 15) is 23.5 Å². The van der Waals surface area contributed by atoms with E-state index < -0.39 is 40.9 Å². The number of pyridine rings is 1. The van der Waals surface area contributed by atoms with E-state index in [0.717, 1.165) is 18.2 Å². The van der Waals surface area contributed by atoms with Gasteiger partial charge in [-0.05, 0) is 17.7 Å². The van der Waals surface area contributed by atoms with Crippen molar-refractivity contribution in [3.8, 4) is 5.75 Å². The van der Waals surface area contributed by atoms with Gasteiger partial charge in [0.1, 0.15) is 12.2 Å². The van der Waals surface area contributed by atoms with E-state index in [-0.39, 0.29) is 25.5 Å². The number of halogens is 2. The summed E-state index contributed by atoms with van der Waals surface area (Å²) in [5.41, 5.74) is -0.0166. The summed E-state index contributed by atoms with van der Waals surface area (Å²) in [5.74, 6) is -3.23. The summed E-state index contributed by atoms with van der Waals surface area (Å²) < 4.78 is 34.8. The molecule has 1 saturated heterocycles. The highest BCUT2D eigenvalue weighted by atomic mass is 19.2. The van der Waals surface area contributed by atoms with Crippen molar-refractivity contribution < 1.29 is 23.4 Å². The van der Waals surface area contributed by atoms with Crippen LogP contribution in [0.3, 0.4) is 0 Å². The first kappa shape index (κ1) is 19.2. The second-order valence-electron chi connectivity index (χ2n) is 7.24. The number of nitrogens with one attached hydrogen (secondary N) is 1. The van der Waals surface area contributed by atoms with Crippen LogP contribution in [0.25, 0.3) is 0 Å². The molecule has 9 nitrogen and oxygen atoms in total. The van der Waals surface area contributed by atoms with Crippen molar-refractivity contribution in [2.75, 3.05) is 24.8 Å². The average Bonchev–Trinajstić information content (AvgIpc) is 3.30. The number of aromatic hydroxyl groups is 1. The fourth-order valence-corrected chi connectivity index (χ4v) is 4.10. The van der Waals surface area contributed by atoms with Gasteiger partial charge in [-0.3, -0.25) is 19.3 Å². The highest BCUT2D eigenvalue weighted by Crippen LogP contribution is 2.35. The van der Waals surface area contributed by atoms with Crippen molar-refractivity contribution in [1.82, 2.24) is 19.5 Å². The van der Waals surface area contributed by atoms with Gasteiger partial charge in [0.2, 0.25) is 5.43 Å². The molecule has 1 aromatic carbocycles. The van der Waals surface area contributed by atoms with Crippen LogP contribution in [0.5, 0.6) is 5.75 Å². The van der Waals surface area contributed by atoms with Crippen LogP contribution in [0.15, 0.2) is 47.8 Å². The van der Waals surface area contributed by atoms with Crippen LogP contribution < -0.4 is 10.4 Å². The Morgan fingerprint density at radius 1 is 1.23 bits per heavy atom. The molecule has 5 rings (SSSR count). The maximum absolute atomic E-state index is 14.2. The number of H-pyrrole nitrogens is 1. The summed E-state index contributed by atoms with van der Waals surface area (Å²) in [6.07, 6.45) is 3.69. The highest BCUT2D eigenvalue weighted by molar-refractivity contribution is 5.96. The van der Waals surface area contributed by atoms with Crippen molar-refractivity contribution in [1.29, 1.82) is 0 Å². The maximum Gasteiger partial charge on any atom is 0.278 e. The van der Waals surface area contributed by atoms with Crippen molar-refractivity contribution in [3.63, 3.8) is 0 Å². The number of amides is 1. The molecule has 1 amide bonds. The molecule has 2 atom stereocenters. The van der Waals surface area contributed by atoms with Gasteiger partial charge in [-0.1, -0.05) is 6.07 Å². The van der Waals surface area contributed by atoms with Crippen LogP contribution in [0.1, 0.15) is 27.8 Å². The van der Waals surface area contributed by atoms with E-state index in [1.807, 2.05) is 0 Å². The zero-order valence-electron chi connectivity index (χ0n) is 16.0. The molecule has 0 spiro atoms. The number of fused-ring (bicyclic) bond motifs is 2. The number of ether oxygens (including phenoxy) is 1. The smallest absolute Gasteiger partial charge is 0.278 e. The Balaban J connectivity index is 1.77. The molecular formula is C20H17F2N5O4. The summed E-state index contributed by atoms with van der Waals surface area (Å²) in [7, 11) is 0. The number of hydrogen-bond acceptors (Lipinski definition) is 6. The third kappa shape index (κ3) is 2.96. The number of hydrogen-bond donors (Lipinski definition) is 2. The lowest BCUT2D eigenvalue weighted by molar-refractivity contribution is -0.0198. The summed E-state index contributed by atoms with van der Waals surface area (Å²) in [6, 6.07) is 3.86. The Hall–Kier alpha value is -3.73. The molecule has 160 valence electrons. The number of nitrogens with zero attached hydrogens (tertiary/aromatic N) is 4. The minimum atomic E-state index is -1.03. The first-order chi connectivity index (χ1) is 15.0. The monoisotopic (exact) mass is 429 g/mol. The number of benzene rings is 1. The lowest BCUT2D eigenvalue weighted by atomic mass is 10.0. The average molecular weight is 429 g/mol. The summed E-state index contributed by atoms with van der Waals surface area (Å²) >= 11 is 0. The second-order valence-corrected chi connectivity index (χ2v) is 7.24. The van der Waals surface area contributed by atoms with Crippen LogP contribution in [-0.2, 0) is 4.74 Å². The minimum absolute atomic E-state index is 0.131. The zero-order valence-corrected chi connectivity index (χ0v) is 16.0. The van der Waals surface area contributed by atoms with Crippen LogP contribution in [0, 0.1) is 11.6 Å². The molecule has 31 heavy (non-hydrogen) atoms. The lowest BCUT2D eigenvalue weighted by Crippen LogP contribution is -2.66. The predicted octanol–water partition coefficient (Wildman–Crippen LogP) is 1.09. The fraction of sp³-hybridized carbons (Fsp3) is 0.250. The summed E-state index contributed by atoms with van der Waals surface area (Å²) in [5, 5.41) is 12.1. The Bertz CT molecular complexity index is 1210. The normalized spacial score (nSPS) is 19.2. The van der Waals surface area contributed by atoms with E-state index in [1.165, 1.54) is 34.4 Å². The molecule has 1 fully saturated rings. The van der Waals surface area contributed by atoms with Gasteiger partial charge in [0.25, 0.3) is 5.91 Å². The fourth-order valence-electron chi connectivity index (χ4n) is 4.10. The van der Waals surface area contributed by atoms with Gasteiger partial charge in [0.05, 0.1) is 31.4 Å². The van der Waals surface area contributed by atoms with Crippen molar-refractivity contribution >= 4 is 5.91 Å². The van der Waals surface area contributed by atoms with E-state index in [4.69, 9.17) is 4.74 Å². The Kier molecular flexibility index (Phi) is 4.47. The third-order valence-corrected chi connectivity index (χ3v) is 5.51. The van der Waals surface area contributed by atoms with Gasteiger partial charge in [0, 0.05) is 18.8 Å². The highest BCUT2D eigenvalue weighted by Gasteiger charge is 2.45. The molecule has 0 bridgehead atoms.